The van der Waals surface area contributed by atoms with Crippen LogP contribution in [0.4, 0.5) is 10.3 Å². The zero-order chi connectivity index (χ0) is 24.0. The summed E-state index contributed by atoms with van der Waals surface area (Å²) in [6, 6.07) is 6.16. The van der Waals surface area contributed by atoms with E-state index in [2.05, 4.69) is 14.9 Å². The lowest BCUT2D eigenvalue weighted by atomic mass is 9.95. The number of likely N-dealkylation sites (N-methyl/N-ethyl adjacent to an activating group) is 1. The van der Waals surface area contributed by atoms with Gasteiger partial charge in [0.05, 0.1) is 12.2 Å². The van der Waals surface area contributed by atoms with Crippen LogP contribution in [0.25, 0.3) is 6.08 Å². The predicted octanol–water partition coefficient (Wildman–Crippen LogP) is 2.47. The molecule has 1 aromatic carbocycles. The molecular formula is C24H30FN5O3. The molecule has 0 bridgehead atoms. The number of carbonyl (C=O) groups is 2. The third kappa shape index (κ3) is 5.73. The Balaban J connectivity index is 1.72. The maximum Gasteiger partial charge on any atom is 0.341 e. The van der Waals surface area contributed by atoms with E-state index in [1.54, 1.807) is 38.1 Å². The Morgan fingerprint density at radius 2 is 1.73 bits per heavy atom. The summed E-state index contributed by atoms with van der Waals surface area (Å²) >= 11 is 0. The molecule has 0 aliphatic carbocycles. The number of esters is 1. The van der Waals surface area contributed by atoms with Gasteiger partial charge >= 0.3 is 5.97 Å². The number of hydrogen-bond acceptors (Lipinski definition) is 7. The predicted molar refractivity (Wildman–Crippen MR) is 124 cm³/mol. The minimum atomic E-state index is -0.862. The van der Waals surface area contributed by atoms with E-state index < -0.39 is 11.5 Å². The Labute approximate surface area is 193 Å². The molecule has 0 spiro atoms. The molecule has 2 heterocycles. The molecule has 1 aliphatic heterocycles. The summed E-state index contributed by atoms with van der Waals surface area (Å²) in [6.45, 7) is 6.42. The average Bonchev–Trinajstić information content (AvgIpc) is 2.83. The lowest BCUT2D eigenvalue weighted by molar-refractivity contribution is -0.138. The minimum absolute atomic E-state index is 0.0376. The molecule has 1 fully saturated rings. The van der Waals surface area contributed by atoms with Gasteiger partial charge in [-0.3, -0.25) is 9.69 Å². The van der Waals surface area contributed by atoms with Gasteiger partial charge in [-0.15, -0.1) is 0 Å². The van der Waals surface area contributed by atoms with Gasteiger partial charge in [0.1, 0.15) is 11.4 Å². The number of hydrogen-bond donors (Lipinski definition) is 0. The van der Waals surface area contributed by atoms with Crippen LogP contribution in [0.5, 0.6) is 0 Å². The van der Waals surface area contributed by atoms with Crippen LogP contribution in [0.2, 0.25) is 0 Å². The van der Waals surface area contributed by atoms with Gasteiger partial charge in [-0.25, -0.2) is 19.2 Å². The molecule has 8 nitrogen and oxygen atoms in total. The number of aromatic nitrogens is 2. The number of benzene rings is 1. The molecule has 176 valence electrons. The van der Waals surface area contributed by atoms with E-state index in [1.807, 2.05) is 24.0 Å². The quantitative estimate of drug-likeness (QED) is 0.594. The van der Waals surface area contributed by atoms with Crippen molar-refractivity contribution in [1.82, 2.24) is 19.8 Å². The number of halogens is 1. The number of piperazine rings is 1. The fraction of sp³-hybridized carbons (Fsp3) is 0.417. The summed E-state index contributed by atoms with van der Waals surface area (Å²) in [4.78, 5) is 39.3. The Hall–Kier alpha value is -3.33. The van der Waals surface area contributed by atoms with Crippen molar-refractivity contribution >= 4 is 23.9 Å². The number of amides is 1. The summed E-state index contributed by atoms with van der Waals surface area (Å²) in [5.41, 5.74) is 0.274. The minimum Gasteiger partial charge on any atom is -0.462 e. The van der Waals surface area contributed by atoms with Crippen molar-refractivity contribution in [2.24, 2.45) is 0 Å². The van der Waals surface area contributed by atoms with E-state index in [-0.39, 0.29) is 11.7 Å². The first-order valence-electron chi connectivity index (χ1n) is 10.9. The van der Waals surface area contributed by atoms with Gasteiger partial charge in [-0.1, -0.05) is 24.3 Å². The van der Waals surface area contributed by atoms with Crippen LogP contribution in [0, 0.1) is 5.82 Å². The second-order valence-electron chi connectivity index (χ2n) is 8.20. The zero-order valence-corrected chi connectivity index (χ0v) is 19.5. The first kappa shape index (κ1) is 24.3. The molecule has 0 radical (unpaired) electrons. The van der Waals surface area contributed by atoms with E-state index >= 15 is 0 Å². The number of carbonyl (C=O) groups excluding carboxylic acids is 2. The van der Waals surface area contributed by atoms with E-state index in [9.17, 15) is 14.0 Å². The Morgan fingerprint density at radius 3 is 2.27 bits per heavy atom. The molecule has 1 saturated heterocycles. The lowest BCUT2D eigenvalue weighted by Crippen LogP contribution is -2.61. The molecule has 33 heavy (non-hydrogen) atoms. The fourth-order valence-electron chi connectivity index (χ4n) is 3.77. The van der Waals surface area contributed by atoms with Crippen LogP contribution < -0.4 is 4.90 Å². The second kappa shape index (κ2) is 10.5. The van der Waals surface area contributed by atoms with E-state index in [0.717, 1.165) is 5.56 Å². The van der Waals surface area contributed by atoms with Crippen LogP contribution in [0.1, 0.15) is 29.8 Å². The zero-order valence-electron chi connectivity index (χ0n) is 19.5. The van der Waals surface area contributed by atoms with Gasteiger partial charge in [0.25, 0.3) is 0 Å². The second-order valence-corrected chi connectivity index (χ2v) is 8.20. The molecule has 3 rings (SSSR count). The molecule has 1 amide bonds. The monoisotopic (exact) mass is 455 g/mol. The van der Waals surface area contributed by atoms with Crippen LogP contribution in [0.15, 0.2) is 42.7 Å². The smallest absolute Gasteiger partial charge is 0.341 e. The Kier molecular flexibility index (Phi) is 7.75. The van der Waals surface area contributed by atoms with E-state index in [4.69, 9.17) is 4.74 Å². The third-order valence-electron chi connectivity index (χ3n) is 5.68. The lowest BCUT2D eigenvalue weighted by Gasteiger charge is -2.44. The summed E-state index contributed by atoms with van der Waals surface area (Å²) in [7, 11) is 3.48. The third-order valence-corrected chi connectivity index (χ3v) is 5.68. The first-order valence-corrected chi connectivity index (χ1v) is 10.9. The highest BCUT2D eigenvalue weighted by molar-refractivity contribution is 5.89. The summed E-state index contributed by atoms with van der Waals surface area (Å²) in [5, 5.41) is 0. The van der Waals surface area contributed by atoms with Gasteiger partial charge < -0.3 is 14.5 Å². The molecule has 1 aliphatic rings. The number of nitrogens with zero attached hydrogens (tertiary/aromatic N) is 5. The summed E-state index contributed by atoms with van der Waals surface area (Å²) in [6.07, 6.45) is 6.67. The summed E-state index contributed by atoms with van der Waals surface area (Å²) in [5.74, 6) is -0.248. The van der Waals surface area contributed by atoms with Gasteiger partial charge in [-0.05, 0) is 31.5 Å². The number of ether oxygens (including phenoxy) is 1. The number of anilines is 1. The van der Waals surface area contributed by atoms with Crippen LogP contribution >= 0.6 is 0 Å². The molecule has 0 saturated carbocycles. The van der Waals surface area contributed by atoms with Gasteiger partial charge in [0.2, 0.25) is 11.9 Å². The van der Waals surface area contributed by atoms with Crippen LogP contribution in [0.3, 0.4) is 0 Å². The van der Waals surface area contributed by atoms with Crippen molar-refractivity contribution in [2.45, 2.75) is 19.4 Å². The number of rotatable bonds is 7. The Morgan fingerprint density at radius 1 is 1.12 bits per heavy atom. The normalized spacial score (nSPS) is 16.5. The fourth-order valence-corrected chi connectivity index (χ4v) is 3.77. The molecular weight excluding hydrogens is 425 g/mol. The highest BCUT2D eigenvalue weighted by Crippen LogP contribution is 2.24. The van der Waals surface area contributed by atoms with Crippen LogP contribution in [-0.4, -0.2) is 84.1 Å². The van der Waals surface area contributed by atoms with Crippen LogP contribution in [-0.2, 0) is 9.53 Å². The molecule has 1 unspecified atom stereocenters. The SMILES string of the molecule is CCOC(=O)c1cnc(N2CCN(C(C)(/C=C/c3ccc(F)cc3)C(=O)N(C)C)CC2)nc1. The first-order chi connectivity index (χ1) is 15.7. The molecule has 1 aromatic heterocycles. The highest BCUT2D eigenvalue weighted by Gasteiger charge is 2.40. The highest BCUT2D eigenvalue weighted by atomic mass is 19.1. The largest absolute Gasteiger partial charge is 0.462 e. The van der Waals surface area contributed by atoms with Crippen molar-refractivity contribution in [3.8, 4) is 0 Å². The van der Waals surface area contributed by atoms with Crippen molar-refractivity contribution in [1.29, 1.82) is 0 Å². The standard InChI is InChI=1S/C24H30FN5O3/c1-5-33-21(31)19-16-26-23(27-17-19)29-12-14-30(15-13-29)24(2,22(32)28(3)4)11-10-18-6-8-20(25)9-7-18/h6-11,16-17H,5,12-15H2,1-4H3/b11-10+. The maximum atomic E-state index is 13.2. The molecule has 9 heteroatoms. The van der Waals surface area contributed by atoms with Gasteiger partial charge in [0, 0.05) is 52.7 Å². The maximum absolute atomic E-state index is 13.2. The van der Waals surface area contributed by atoms with Crippen molar-refractivity contribution in [3.05, 3.63) is 59.7 Å². The van der Waals surface area contributed by atoms with Gasteiger partial charge in [0.15, 0.2) is 0 Å². The topological polar surface area (TPSA) is 78.9 Å². The molecule has 2 aromatic rings. The van der Waals surface area contributed by atoms with Crippen molar-refractivity contribution < 1.29 is 18.7 Å². The van der Waals surface area contributed by atoms with Gasteiger partial charge in [-0.2, -0.15) is 0 Å². The van der Waals surface area contributed by atoms with E-state index in [0.29, 0.717) is 44.3 Å². The van der Waals surface area contributed by atoms with Crippen molar-refractivity contribution in [2.75, 3.05) is 51.8 Å². The van der Waals surface area contributed by atoms with Crippen molar-refractivity contribution in [3.63, 3.8) is 0 Å². The molecule has 0 N–H and O–H groups in total. The average molecular weight is 456 g/mol. The van der Waals surface area contributed by atoms with E-state index in [1.165, 1.54) is 24.5 Å². The molecule has 1 atom stereocenters. The summed E-state index contributed by atoms with van der Waals surface area (Å²) < 4.78 is 18.2. The Bertz CT molecular complexity index is 986.